The van der Waals surface area contributed by atoms with Crippen LogP contribution in [0, 0.1) is 11.7 Å². The molecule has 6 nitrogen and oxygen atoms in total. The Bertz CT molecular complexity index is 1040. The van der Waals surface area contributed by atoms with E-state index in [2.05, 4.69) is 34.4 Å². The van der Waals surface area contributed by atoms with Gasteiger partial charge in [-0.2, -0.15) is 5.10 Å². The summed E-state index contributed by atoms with van der Waals surface area (Å²) in [6, 6.07) is 5.67. The molecular formula is C22H26FN5O. The van der Waals surface area contributed by atoms with Crippen LogP contribution in [-0.2, 0) is 11.8 Å². The zero-order chi connectivity index (χ0) is 20.5. The molecule has 2 heterocycles. The summed E-state index contributed by atoms with van der Waals surface area (Å²) in [5.41, 5.74) is 1.59. The van der Waals surface area contributed by atoms with E-state index in [0.29, 0.717) is 22.6 Å². The maximum Gasteiger partial charge on any atom is 0.228 e. The molecule has 0 spiro atoms. The van der Waals surface area contributed by atoms with Gasteiger partial charge in [-0.05, 0) is 68.9 Å². The van der Waals surface area contributed by atoms with Crippen molar-refractivity contribution in [3.63, 3.8) is 0 Å². The van der Waals surface area contributed by atoms with E-state index >= 15 is 0 Å². The quantitative estimate of drug-likeness (QED) is 0.729. The molecule has 3 aromatic rings. The number of aryl methyl sites for hydroxylation is 1. The first kappa shape index (κ1) is 19.5. The number of amides is 1. The van der Waals surface area contributed by atoms with Gasteiger partial charge in [0.05, 0.1) is 6.20 Å². The zero-order valence-electron chi connectivity index (χ0n) is 17.0. The number of anilines is 1. The molecule has 1 saturated carbocycles. The number of benzene rings is 1. The van der Waals surface area contributed by atoms with Crippen LogP contribution in [0.2, 0.25) is 0 Å². The van der Waals surface area contributed by atoms with Gasteiger partial charge >= 0.3 is 0 Å². The summed E-state index contributed by atoms with van der Waals surface area (Å²) >= 11 is 0. The van der Waals surface area contributed by atoms with E-state index in [1.54, 1.807) is 16.9 Å². The van der Waals surface area contributed by atoms with E-state index < -0.39 is 0 Å². The monoisotopic (exact) mass is 395 g/mol. The molecule has 1 amide bonds. The number of carbonyl (C=O) groups excluding carboxylic acids is 1. The van der Waals surface area contributed by atoms with Crippen LogP contribution < -0.4 is 5.32 Å². The van der Waals surface area contributed by atoms with Gasteiger partial charge < -0.3 is 10.2 Å². The number of rotatable bonds is 4. The molecule has 152 valence electrons. The van der Waals surface area contributed by atoms with Crippen LogP contribution >= 0.6 is 0 Å². The van der Waals surface area contributed by atoms with Crippen molar-refractivity contribution in [1.82, 2.24) is 19.7 Å². The number of nitrogens with one attached hydrogen (secondary N) is 1. The smallest absolute Gasteiger partial charge is 0.228 e. The molecule has 7 heteroatoms. The van der Waals surface area contributed by atoms with Gasteiger partial charge in [-0.1, -0.05) is 0 Å². The maximum atomic E-state index is 14.6. The summed E-state index contributed by atoms with van der Waals surface area (Å²) in [7, 11) is 6.00. The first-order chi connectivity index (χ1) is 13.9. The molecule has 1 aliphatic rings. The second-order valence-electron chi connectivity index (χ2n) is 8.11. The summed E-state index contributed by atoms with van der Waals surface area (Å²) in [6.07, 6.45) is 8.83. The molecule has 0 unspecified atom stereocenters. The van der Waals surface area contributed by atoms with Crippen molar-refractivity contribution in [3.8, 4) is 11.1 Å². The van der Waals surface area contributed by atoms with Crippen LogP contribution in [0.3, 0.4) is 0 Å². The van der Waals surface area contributed by atoms with Crippen LogP contribution in [0.5, 0.6) is 0 Å². The van der Waals surface area contributed by atoms with E-state index in [1.807, 2.05) is 19.3 Å². The van der Waals surface area contributed by atoms with Crippen molar-refractivity contribution in [3.05, 3.63) is 42.6 Å². The fourth-order valence-corrected chi connectivity index (χ4v) is 4.10. The Hall–Kier alpha value is -2.80. The molecule has 0 radical (unpaired) electrons. The molecule has 1 fully saturated rings. The van der Waals surface area contributed by atoms with Crippen LogP contribution in [0.4, 0.5) is 10.2 Å². The van der Waals surface area contributed by atoms with Gasteiger partial charge in [-0.3, -0.25) is 9.48 Å². The van der Waals surface area contributed by atoms with Gasteiger partial charge in [0, 0.05) is 42.4 Å². The van der Waals surface area contributed by atoms with Crippen LogP contribution in [0.1, 0.15) is 25.7 Å². The van der Waals surface area contributed by atoms with Gasteiger partial charge in [-0.25, -0.2) is 9.37 Å². The minimum Gasteiger partial charge on any atom is -0.310 e. The van der Waals surface area contributed by atoms with Crippen molar-refractivity contribution in [2.45, 2.75) is 31.7 Å². The lowest BCUT2D eigenvalue weighted by Gasteiger charge is -2.31. The van der Waals surface area contributed by atoms with Crippen molar-refractivity contribution < 1.29 is 9.18 Å². The Balaban J connectivity index is 1.53. The highest BCUT2D eigenvalue weighted by Gasteiger charge is 2.27. The third-order valence-corrected chi connectivity index (χ3v) is 5.87. The molecular weight excluding hydrogens is 369 g/mol. The predicted molar refractivity (Wildman–Crippen MR) is 112 cm³/mol. The number of hydrogen-bond donors (Lipinski definition) is 1. The number of hydrogen-bond acceptors (Lipinski definition) is 4. The molecule has 1 aliphatic carbocycles. The molecule has 0 bridgehead atoms. The highest BCUT2D eigenvalue weighted by Crippen LogP contribution is 2.30. The Labute approximate surface area is 169 Å². The number of pyridine rings is 1. The first-order valence-corrected chi connectivity index (χ1v) is 9.96. The largest absolute Gasteiger partial charge is 0.310 e. The second-order valence-corrected chi connectivity index (χ2v) is 8.11. The van der Waals surface area contributed by atoms with Crippen molar-refractivity contribution >= 4 is 22.5 Å². The SMILES string of the molecule is Cn1cc(-c2cc(F)c3cnc(NC(=O)[C@H]4CC[C@@H](N(C)C)CC4)cc3c2)cn1. The number of aromatic nitrogens is 3. The summed E-state index contributed by atoms with van der Waals surface area (Å²) in [4.78, 5) is 19.2. The van der Waals surface area contributed by atoms with Crippen LogP contribution in [0.25, 0.3) is 21.9 Å². The number of fused-ring (bicyclic) bond motifs is 1. The van der Waals surface area contributed by atoms with Gasteiger partial charge in [0.2, 0.25) is 5.91 Å². The predicted octanol–water partition coefficient (Wildman–Crippen LogP) is 3.83. The average Bonchev–Trinajstić information content (AvgIpc) is 3.14. The topological polar surface area (TPSA) is 63.1 Å². The zero-order valence-corrected chi connectivity index (χ0v) is 17.0. The Morgan fingerprint density at radius 3 is 2.55 bits per heavy atom. The highest BCUT2D eigenvalue weighted by molar-refractivity contribution is 5.95. The maximum absolute atomic E-state index is 14.6. The molecule has 0 saturated heterocycles. The van der Waals surface area contributed by atoms with Crippen molar-refractivity contribution in [2.24, 2.45) is 13.0 Å². The molecule has 0 aliphatic heterocycles. The van der Waals surface area contributed by atoms with Crippen LogP contribution in [0.15, 0.2) is 36.8 Å². The third-order valence-electron chi connectivity index (χ3n) is 5.87. The van der Waals surface area contributed by atoms with Crippen LogP contribution in [-0.4, -0.2) is 45.7 Å². The first-order valence-electron chi connectivity index (χ1n) is 9.96. The fourth-order valence-electron chi connectivity index (χ4n) is 4.10. The van der Waals surface area contributed by atoms with E-state index in [9.17, 15) is 9.18 Å². The fraction of sp³-hybridized carbons (Fsp3) is 0.409. The summed E-state index contributed by atoms with van der Waals surface area (Å²) in [5.74, 6) is 0.119. The Morgan fingerprint density at radius 1 is 1.14 bits per heavy atom. The van der Waals surface area contributed by atoms with Gasteiger partial charge in [0.1, 0.15) is 11.6 Å². The molecule has 29 heavy (non-hydrogen) atoms. The van der Waals surface area contributed by atoms with E-state index in [4.69, 9.17) is 0 Å². The number of carbonyl (C=O) groups is 1. The van der Waals surface area contributed by atoms with Crippen molar-refractivity contribution in [1.29, 1.82) is 0 Å². The van der Waals surface area contributed by atoms with Gasteiger partial charge in [-0.15, -0.1) is 0 Å². The van der Waals surface area contributed by atoms with E-state index in [1.165, 1.54) is 12.3 Å². The normalized spacial score (nSPS) is 19.6. The molecule has 2 aromatic heterocycles. The second kappa shape index (κ2) is 7.91. The molecule has 4 rings (SSSR count). The highest BCUT2D eigenvalue weighted by atomic mass is 19.1. The number of nitrogens with zero attached hydrogens (tertiary/aromatic N) is 4. The minimum atomic E-state index is -0.339. The summed E-state index contributed by atoms with van der Waals surface area (Å²) < 4.78 is 16.2. The Morgan fingerprint density at radius 2 is 1.90 bits per heavy atom. The summed E-state index contributed by atoms with van der Waals surface area (Å²) in [5, 5.41) is 8.21. The standard InChI is InChI=1S/C22H26FN5O/c1-27(2)18-6-4-14(5-7-18)22(29)26-21-10-16-8-15(17-11-25-28(3)13-17)9-20(23)19(16)12-24-21/h8-14,18H,4-7H2,1-3H3,(H,24,26,29)/t14-,18+. The molecule has 1 aromatic carbocycles. The molecule has 1 N–H and O–H groups in total. The van der Waals surface area contributed by atoms with E-state index in [-0.39, 0.29) is 17.6 Å². The minimum absolute atomic E-state index is 0.00191. The summed E-state index contributed by atoms with van der Waals surface area (Å²) in [6.45, 7) is 0. The molecule has 0 atom stereocenters. The lowest BCUT2D eigenvalue weighted by atomic mass is 9.85. The lowest BCUT2D eigenvalue weighted by Crippen LogP contribution is -2.35. The lowest BCUT2D eigenvalue weighted by molar-refractivity contribution is -0.121. The average molecular weight is 395 g/mol. The Kier molecular flexibility index (Phi) is 5.32. The van der Waals surface area contributed by atoms with Gasteiger partial charge in [0.25, 0.3) is 0 Å². The van der Waals surface area contributed by atoms with Crippen molar-refractivity contribution in [2.75, 3.05) is 19.4 Å². The van der Waals surface area contributed by atoms with E-state index in [0.717, 1.165) is 36.8 Å². The van der Waals surface area contributed by atoms with Gasteiger partial charge in [0.15, 0.2) is 0 Å². The third kappa shape index (κ3) is 4.15. The number of halogens is 1.